The predicted molar refractivity (Wildman–Crippen MR) is 80.1 cm³/mol. The Morgan fingerprint density at radius 1 is 1.41 bits per heavy atom. The van der Waals surface area contributed by atoms with Crippen molar-refractivity contribution in [1.82, 2.24) is 5.32 Å². The van der Waals surface area contributed by atoms with Crippen LogP contribution in [0.5, 0.6) is 0 Å². The van der Waals surface area contributed by atoms with Gasteiger partial charge >= 0.3 is 0 Å². The monoisotopic (exact) mass is 327 g/mol. The Labute approximate surface area is 133 Å². The minimum Gasteiger partial charge on any atom is -0.380 e. The molecule has 2 N–H and O–H groups in total. The van der Waals surface area contributed by atoms with Crippen LogP contribution < -0.4 is 5.32 Å². The highest BCUT2D eigenvalue weighted by atomic mass is 35.5. The maximum atomic E-state index is 13.6. The van der Waals surface area contributed by atoms with E-state index in [-0.39, 0.29) is 17.0 Å². The third-order valence-corrected chi connectivity index (χ3v) is 4.84. The molecular formula is C16H19ClFNO3. The molecule has 120 valence electrons. The lowest BCUT2D eigenvalue weighted by molar-refractivity contribution is -0.140. The van der Waals surface area contributed by atoms with E-state index in [0.717, 1.165) is 12.8 Å². The van der Waals surface area contributed by atoms with Crippen LogP contribution in [0.15, 0.2) is 18.2 Å². The standard InChI is InChI=1S/C16H19ClFNO3/c17-11-4-3-10(9-12(11)18)14-13(5-8-22-14)19-15(20)16(21)6-1-2-7-16/h3-4,9,13-14,21H,1-2,5-8H2,(H,19,20)/t13-,14-/m1/s1. The molecule has 1 aromatic rings. The second-order valence-electron chi connectivity index (χ2n) is 6.07. The van der Waals surface area contributed by atoms with Gasteiger partial charge in [0.05, 0.1) is 11.1 Å². The van der Waals surface area contributed by atoms with E-state index in [4.69, 9.17) is 16.3 Å². The first-order chi connectivity index (χ1) is 10.5. The maximum Gasteiger partial charge on any atom is 0.252 e. The van der Waals surface area contributed by atoms with E-state index in [1.807, 2.05) is 0 Å². The van der Waals surface area contributed by atoms with Gasteiger partial charge in [0.1, 0.15) is 17.5 Å². The predicted octanol–water partition coefficient (Wildman–Crippen LogP) is 2.73. The first-order valence-electron chi connectivity index (χ1n) is 7.59. The summed E-state index contributed by atoms with van der Waals surface area (Å²) in [4.78, 5) is 12.3. The highest BCUT2D eigenvalue weighted by Gasteiger charge is 2.41. The summed E-state index contributed by atoms with van der Waals surface area (Å²) in [6.07, 6.45) is 2.92. The Morgan fingerprint density at radius 2 is 2.14 bits per heavy atom. The quantitative estimate of drug-likeness (QED) is 0.897. The lowest BCUT2D eigenvalue weighted by Crippen LogP contribution is -2.49. The van der Waals surface area contributed by atoms with Gasteiger partial charge in [0, 0.05) is 6.61 Å². The van der Waals surface area contributed by atoms with Crippen molar-refractivity contribution in [3.05, 3.63) is 34.6 Å². The normalized spacial score (nSPS) is 27.0. The number of carbonyl (C=O) groups excluding carboxylic acids is 1. The van der Waals surface area contributed by atoms with Crippen molar-refractivity contribution in [3.63, 3.8) is 0 Å². The van der Waals surface area contributed by atoms with Gasteiger partial charge < -0.3 is 15.2 Å². The number of aliphatic hydroxyl groups is 1. The van der Waals surface area contributed by atoms with Crippen molar-refractivity contribution < 1.29 is 19.0 Å². The van der Waals surface area contributed by atoms with Gasteiger partial charge in [-0.25, -0.2) is 4.39 Å². The minimum absolute atomic E-state index is 0.0580. The van der Waals surface area contributed by atoms with Gasteiger partial charge in [-0.2, -0.15) is 0 Å². The second-order valence-corrected chi connectivity index (χ2v) is 6.48. The van der Waals surface area contributed by atoms with Crippen LogP contribution >= 0.6 is 11.6 Å². The van der Waals surface area contributed by atoms with Gasteiger partial charge in [-0.05, 0) is 49.8 Å². The fraction of sp³-hybridized carbons (Fsp3) is 0.562. The van der Waals surface area contributed by atoms with Crippen molar-refractivity contribution in [2.45, 2.75) is 49.9 Å². The number of amides is 1. The maximum absolute atomic E-state index is 13.6. The summed E-state index contributed by atoms with van der Waals surface area (Å²) < 4.78 is 19.3. The van der Waals surface area contributed by atoms with Gasteiger partial charge in [0.2, 0.25) is 0 Å². The van der Waals surface area contributed by atoms with Gasteiger partial charge in [0.25, 0.3) is 5.91 Å². The molecule has 1 aromatic carbocycles. The van der Waals surface area contributed by atoms with E-state index in [2.05, 4.69) is 5.32 Å². The second kappa shape index (κ2) is 6.14. The smallest absolute Gasteiger partial charge is 0.252 e. The molecule has 1 amide bonds. The molecule has 2 fully saturated rings. The number of ether oxygens (including phenoxy) is 1. The molecule has 0 radical (unpaired) electrons. The van der Waals surface area contributed by atoms with Crippen LogP contribution in [-0.4, -0.2) is 29.3 Å². The lowest BCUT2D eigenvalue weighted by atomic mass is 9.98. The molecule has 1 aliphatic heterocycles. The Balaban J connectivity index is 1.73. The van der Waals surface area contributed by atoms with E-state index in [9.17, 15) is 14.3 Å². The molecule has 2 aliphatic rings. The van der Waals surface area contributed by atoms with Gasteiger partial charge in [-0.3, -0.25) is 4.79 Å². The molecule has 0 spiro atoms. The fourth-order valence-electron chi connectivity index (χ4n) is 3.24. The summed E-state index contributed by atoms with van der Waals surface area (Å²) in [5.74, 6) is -0.853. The van der Waals surface area contributed by atoms with E-state index < -0.39 is 17.5 Å². The number of benzene rings is 1. The Morgan fingerprint density at radius 3 is 2.82 bits per heavy atom. The van der Waals surface area contributed by atoms with Crippen LogP contribution in [0.25, 0.3) is 0 Å². The number of rotatable bonds is 3. The summed E-state index contributed by atoms with van der Waals surface area (Å²) in [5.41, 5.74) is -0.624. The van der Waals surface area contributed by atoms with Crippen LogP contribution in [0.4, 0.5) is 4.39 Å². The Kier molecular flexibility index (Phi) is 4.39. The number of carbonyl (C=O) groups is 1. The van der Waals surface area contributed by atoms with Crippen LogP contribution in [0.2, 0.25) is 5.02 Å². The number of nitrogens with one attached hydrogen (secondary N) is 1. The van der Waals surface area contributed by atoms with Gasteiger partial charge in [-0.15, -0.1) is 0 Å². The molecule has 0 bridgehead atoms. The zero-order valence-electron chi connectivity index (χ0n) is 12.1. The van der Waals surface area contributed by atoms with Gasteiger partial charge in [-0.1, -0.05) is 17.7 Å². The molecule has 6 heteroatoms. The summed E-state index contributed by atoms with van der Waals surface area (Å²) >= 11 is 5.69. The highest BCUT2D eigenvalue weighted by Crippen LogP contribution is 2.33. The molecule has 0 unspecified atom stereocenters. The average Bonchev–Trinajstić information content (AvgIpc) is 3.12. The van der Waals surface area contributed by atoms with Crippen molar-refractivity contribution in [1.29, 1.82) is 0 Å². The summed E-state index contributed by atoms with van der Waals surface area (Å²) in [7, 11) is 0. The van der Waals surface area contributed by atoms with Crippen LogP contribution in [-0.2, 0) is 9.53 Å². The third kappa shape index (κ3) is 2.98. The molecule has 1 aliphatic carbocycles. The SMILES string of the molecule is O=C(N[C@@H]1CCO[C@@H]1c1ccc(Cl)c(F)c1)C1(O)CCCC1. The lowest BCUT2D eigenvalue weighted by Gasteiger charge is -2.26. The van der Waals surface area contributed by atoms with Gasteiger partial charge in [0.15, 0.2) is 0 Å². The first-order valence-corrected chi connectivity index (χ1v) is 7.97. The molecule has 0 aromatic heterocycles. The molecular weight excluding hydrogens is 309 g/mol. The first kappa shape index (κ1) is 15.7. The van der Waals surface area contributed by atoms with E-state index in [1.165, 1.54) is 12.1 Å². The third-order valence-electron chi connectivity index (χ3n) is 4.53. The van der Waals surface area contributed by atoms with Crippen molar-refractivity contribution >= 4 is 17.5 Å². The van der Waals surface area contributed by atoms with E-state index >= 15 is 0 Å². The fourth-order valence-corrected chi connectivity index (χ4v) is 3.36. The summed E-state index contributed by atoms with van der Waals surface area (Å²) in [5, 5.41) is 13.3. The Bertz CT molecular complexity index is 575. The van der Waals surface area contributed by atoms with Crippen molar-refractivity contribution in [2.24, 2.45) is 0 Å². The van der Waals surface area contributed by atoms with Crippen LogP contribution in [0.1, 0.15) is 43.8 Å². The molecule has 22 heavy (non-hydrogen) atoms. The largest absolute Gasteiger partial charge is 0.380 e. The minimum atomic E-state index is -1.27. The zero-order chi connectivity index (χ0) is 15.7. The molecule has 1 saturated heterocycles. The van der Waals surface area contributed by atoms with Crippen LogP contribution in [0, 0.1) is 5.82 Å². The summed E-state index contributed by atoms with van der Waals surface area (Å²) in [6.45, 7) is 0.484. The molecule has 1 saturated carbocycles. The summed E-state index contributed by atoms with van der Waals surface area (Å²) in [6, 6.07) is 4.25. The van der Waals surface area contributed by atoms with Crippen molar-refractivity contribution in [3.8, 4) is 0 Å². The number of halogens is 2. The topological polar surface area (TPSA) is 58.6 Å². The average molecular weight is 328 g/mol. The molecule has 2 atom stereocenters. The van der Waals surface area contributed by atoms with E-state index in [1.54, 1.807) is 6.07 Å². The number of hydrogen-bond donors (Lipinski definition) is 2. The highest BCUT2D eigenvalue weighted by molar-refractivity contribution is 6.30. The van der Waals surface area contributed by atoms with Crippen LogP contribution in [0.3, 0.4) is 0 Å². The molecule has 3 rings (SSSR count). The zero-order valence-corrected chi connectivity index (χ0v) is 12.9. The number of hydrogen-bond acceptors (Lipinski definition) is 3. The van der Waals surface area contributed by atoms with Crippen molar-refractivity contribution in [2.75, 3.05) is 6.61 Å². The van der Waals surface area contributed by atoms with E-state index in [0.29, 0.717) is 31.4 Å². The molecule has 1 heterocycles. The molecule has 4 nitrogen and oxygen atoms in total. The Hall–Kier alpha value is -1.17.